The first kappa shape index (κ1) is 20.6. The van der Waals surface area contributed by atoms with Crippen LogP contribution in [-0.2, 0) is 16.0 Å². The minimum atomic E-state index is -0.911. The summed E-state index contributed by atoms with van der Waals surface area (Å²) in [5.74, 6) is -0.833. The second-order valence-corrected chi connectivity index (χ2v) is 7.52. The number of benzene rings is 2. The topological polar surface area (TPSA) is 115 Å². The number of amides is 4. The Morgan fingerprint density at radius 3 is 2.61 bits per heavy atom. The Morgan fingerprint density at radius 2 is 1.84 bits per heavy atom. The van der Waals surface area contributed by atoms with Crippen LogP contribution >= 0.6 is 0 Å². The van der Waals surface area contributed by atoms with Gasteiger partial charge in [0.25, 0.3) is 5.91 Å². The number of para-hydroxylation sites is 1. The van der Waals surface area contributed by atoms with Crippen LogP contribution in [0.5, 0.6) is 0 Å². The highest BCUT2D eigenvalue weighted by Gasteiger charge is 2.39. The number of aromatic amines is 1. The molecule has 0 spiro atoms. The van der Waals surface area contributed by atoms with Crippen LogP contribution in [0.3, 0.4) is 0 Å². The molecule has 4 rings (SSSR count). The van der Waals surface area contributed by atoms with Crippen molar-refractivity contribution in [2.45, 2.75) is 24.9 Å². The lowest BCUT2D eigenvalue weighted by Crippen LogP contribution is -2.38. The molecule has 2 aromatic carbocycles. The molecule has 0 aliphatic carbocycles. The van der Waals surface area contributed by atoms with E-state index in [1.54, 1.807) is 12.1 Å². The number of H-pyrrole nitrogens is 1. The molecule has 8 nitrogen and oxygen atoms in total. The van der Waals surface area contributed by atoms with Crippen LogP contribution in [0.4, 0.5) is 4.79 Å². The van der Waals surface area contributed by atoms with Gasteiger partial charge >= 0.3 is 6.03 Å². The largest absolute Gasteiger partial charge is 0.394 e. The molecule has 2 heterocycles. The van der Waals surface area contributed by atoms with Crippen molar-refractivity contribution in [3.8, 4) is 0 Å². The summed E-state index contributed by atoms with van der Waals surface area (Å²) in [6.07, 6.45) is 2.22. The lowest BCUT2D eigenvalue weighted by atomic mass is 10.1. The first-order chi connectivity index (χ1) is 15.1. The normalized spacial score (nSPS) is 17.1. The number of nitrogens with one attached hydrogen (secondary N) is 3. The molecule has 1 fully saturated rings. The number of fused-ring (bicyclic) bond motifs is 1. The van der Waals surface area contributed by atoms with Crippen molar-refractivity contribution in [2.24, 2.45) is 0 Å². The van der Waals surface area contributed by atoms with Crippen LogP contribution in [0.15, 0.2) is 60.8 Å². The summed E-state index contributed by atoms with van der Waals surface area (Å²) < 4.78 is 0. The highest BCUT2D eigenvalue weighted by molar-refractivity contribution is 6.05. The predicted octanol–water partition coefficient (Wildman–Crippen LogP) is 1.87. The second-order valence-electron chi connectivity index (χ2n) is 7.52. The zero-order valence-electron chi connectivity index (χ0n) is 16.9. The molecule has 1 aromatic heterocycles. The van der Waals surface area contributed by atoms with Crippen molar-refractivity contribution in [2.75, 3.05) is 13.2 Å². The van der Waals surface area contributed by atoms with Gasteiger partial charge in [-0.15, -0.1) is 0 Å². The SMILES string of the molecule is O=C(C[C@H]1NC(=O)N(CCc2c[nH]c3ccccc23)C1=O)N[C@@H](CO)c1ccccc1. The van der Waals surface area contributed by atoms with E-state index in [9.17, 15) is 19.5 Å². The van der Waals surface area contributed by atoms with E-state index in [4.69, 9.17) is 0 Å². The Morgan fingerprint density at radius 1 is 1.10 bits per heavy atom. The zero-order chi connectivity index (χ0) is 21.8. The molecule has 4 N–H and O–H groups in total. The number of nitrogens with zero attached hydrogens (tertiary/aromatic N) is 1. The third kappa shape index (κ3) is 4.44. The number of urea groups is 1. The Balaban J connectivity index is 1.35. The number of carbonyl (C=O) groups excluding carboxylic acids is 3. The number of carbonyl (C=O) groups is 3. The van der Waals surface area contributed by atoms with Gasteiger partial charge in [-0.25, -0.2) is 4.79 Å². The molecule has 0 radical (unpaired) electrons. The molecular formula is C23H24N4O4. The first-order valence-corrected chi connectivity index (χ1v) is 10.2. The van der Waals surface area contributed by atoms with Gasteiger partial charge in [0, 0.05) is 23.6 Å². The lowest BCUT2D eigenvalue weighted by molar-refractivity contribution is -0.131. The molecule has 4 amide bonds. The smallest absolute Gasteiger partial charge is 0.324 e. The Bertz CT molecular complexity index is 1100. The fraction of sp³-hybridized carbons (Fsp3) is 0.261. The fourth-order valence-electron chi connectivity index (χ4n) is 3.86. The monoisotopic (exact) mass is 420 g/mol. The van der Waals surface area contributed by atoms with E-state index >= 15 is 0 Å². The molecular weight excluding hydrogens is 396 g/mol. The molecule has 1 saturated heterocycles. The summed E-state index contributed by atoms with van der Waals surface area (Å²) in [6, 6.07) is 14.9. The second kappa shape index (κ2) is 9.01. The average Bonchev–Trinajstić information content (AvgIpc) is 3.31. The maximum atomic E-state index is 12.7. The Labute approximate surface area is 179 Å². The van der Waals surface area contributed by atoms with Gasteiger partial charge in [0.1, 0.15) is 6.04 Å². The number of aliphatic hydroxyl groups excluding tert-OH is 1. The van der Waals surface area contributed by atoms with Crippen molar-refractivity contribution in [1.29, 1.82) is 0 Å². The van der Waals surface area contributed by atoms with E-state index in [0.29, 0.717) is 6.42 Å². The standard InChI is InChI=1S/C23H24N4O4/c28-14-20(15-6-2-1-3-7-15)25-21(29)12-19-22(30)27(23(31)26-19)11-10-16-13-24-18-9-5-4-8-17(16)18/h1-9,13,19-20,24,28H,10-12,14H2,(H,25,29)(H,26,31)/t19-,20+/m1/s1. The highest BCUT2D eigenvalue weighted by Crippen LogP contribution is 2.20. The van der Waals surface area contributed by atoms with Gasteiger partial charge in [0.15, 0.2) is 0 Å². The van der Waals surface area contributed by atoms with Gasteiger partial charge in [-0.3, -0.25) is 14.5 Å². The van der Waals surface area contributed by atoms with Gasteiger partial charge in [-0.1, -0.05) is 48.5 Å². The van der Waals surface area contributed by atoms with Crippen LogP contribution in [0.1, 0.15) is 23.6 Å². The van der Waals surface area contributed by atoms with Crippen molar-refractivity contribution in [3.05, 3.63) is 71.9 Å². The molecule has 0 saturated carbocycles. The van der Waals surface area contributed by atoms with Crippen LogP contribution < -0.4 is 10.6 Å². The number of aromatic nitrogens is 1. The van der Waals surface area contributed by atoms with Crippen LogP contribution in [0.25, 0.3) is 10.9 Å². The van der Waals surface area contributed by atoms with E-state index in [1.807, 2.05) is 48.7 Å². The summed E-state index contributed by atoms with van der Waals surface area (Å²) in [4.78, 5) is 41.8. The third-order valence-corrected chi connectivity index (χ3v) is 5.50. The molecule has 1 aliphatic rings. The third-order valence-electron chi connectivity index (χ3n) is 5.50. The van der Waals surface area contributed by atoms with Gasteiger partial charge in [-0.05, 0) is 23.6 Å². The van der Waals surface area contributed by atoms with E-state index in [0.717, 1.165) is 26.9 Å². The molecule has 8 heteroatoms. The summed E-state index contributed by atoms with van der Waals surface area (Å²) in [6.45, 7) is -0.0363. The van der Waals surface area contributed by atoms with Gasteiger partial charge in [0.05, 0.1) is 19.1 Å². The number of rotatable bonds is 8. The average molecular weight is 420 g/mol. The number of hydrogen-bond donors (Lipinski definition) is 4. The van der Waals surface area contributed by atoms with E-state index in [1.165, 1.54) is 0 Å². The molecule has 31 heavy (non-hydrogen) atoms. The summed E-state index contributed by atoms with van der Waals surface area (Å²) in [5.41, 5.74) is 2.78. The van der Waals surface area contributed by atoms with Crippen LogP contribution in [0, 0.1) is 0 Å². The van der Waals surface area contributed by atoms with E-state index in [-0.39, 0.29) is 19.6 Å². The number of hydrogen-bond acceptors (Lipinski definition) is 4. The summed E-state index contributed by atoms with van der Waals surface area (Å²) in [5, 5.41) is 16.0. The van der Waals surface area contributed by atoms with Crippen LogP contribution in [-0.4, -0.2) is 52.0 Å². The summed E-state index contributed by atoms with van der Waals surface area (Å²) >= 11 is 0. The summed E-state index contributed by atoms with van der Waals surface area (Å²) in [7, 11) is 0. The van der Waals surface area contributed by atoms with Crippen molar-refractivity contribution >= 4 is 28.7 Å². The van der Waals surface area contributed by atoms with Gasteiger partial charge in [0.2, 0.25) is 5.91 Å². The quantitative estimate of drug-likeness (QED) is 0.417. The van der Waals surface area contributed by atoms with Crippen LogP contribution in [0.2, 0.25) is 0 Å². The Hall–Kier alpha value is -3.65. The van der Waals surface area contributed by atoms with Crippen molar-refractivity contribution in [3.63, 3.8) is 0 Å². The maximum absolute atomic E-state index is 12.7. The molecule has 3 aromatic rings. The fourth-order valence-corrected chi connectivity index (χ4v) is 3.86. The first-order valence-electron chi connectivity index (χ1n) is 10.2. The molecule has 160 valence electrons. The molecule has 1 aliphatic heterocycles. The van der Waals surface area contributed by atoms with E-state index < -0.39 is 29.9 Å². The van der Waals surface area contributed by atoms with Crippen molar-refractivity contribution < 1.29 is 19.5 Å². The predicted molar refractivity (Wildman–Crippen MR) is 115 cm³/mol. The lowest BCUT2D eigenvalue weighted by Gasteiger charge is -2.18. The van der Waals surface area contributed by atoms with Gasteiger partial charge < -0.3 is 20.7 Å². The Kier molecular flexibility index (Phi) is 5.99. The van der Waals surface area contributed by atoms with Gasteiger partial charge in [-0.2, -0.15) is 0 Å². The molecule has 0 unspecified atom stereocenters. The van der Waals surface area contributed by atoms with E-state index in [2.05, 4.69) is 15.6 Å². The minimum Gasteiger partial charge on any atom is -0.394 e. The van der Waals surface area contributed by atoms with Crippen molar-refractivity contribution in [1.82, 2.24) is 20.5 Å². The molecule has 0 bridgehead atoms. The highest BCUT2D eigenvalue weighted by atomic mass is 16.3. The minimum absolute atomic E-state index is 0.183. The zero-order valence-corrected chi connectivity index (χ0v) is 16.9. The molecule has 2 atom stereocenters. The number of imide groups is 1. The maximum Gasteiger partial charge on any atom is 0.324 e. The number of aliphatic hydroxyl groups is 1.